The van der Waals surface area contributed by atoms with Crippen molar-refractivity contribution in [3.8, 4) is 0 Å². The fourth-order valence-electron chi connectivity index (χ4n) is 2.52. The molecule has 1 fully saturated rings. The lowest BCUT2D eigenvalue weighted by Crippen LogP contribution is -2.55. The molecule has 2 N–H and O–H groups in total. The Labute approximate surface area is 109 Å². The zero-order valence-corrected chi connectivity index (χ0v) is 11.6. The summed E-state index contributed by atoms with van der Waals surface area (Å²) in [7, 11) is 0. The largest absolute Gasteiger partial charge is 0.379 e. The van der Waals surface area contributed by atoms with Crippen LogP contribution in [0, 0.1) is 0 Å². The Morgan fingerprint density at radius 3 is 2.72 bits per heavy atom. The van der Waals surface area contributed by atoms with E-state index >= 15 is 0 Å². The lowest BCUT2D eigenvalue weighted by molar-refractivity contribution is -0.0203. The molecule has 5 nitrogen and oxygen atoms in total. The van der Waals surface area contributed by atoms with Crippen molar-refractivity contribution in [3.63, 3.8) is 0 Å². The molecule has 102 valence electrons. The number of nitrogens with two attached hydrogens (primary N) is 1. The zero-order chi connectivity index (χ0) is 13.2. The number of aryl methyl sites for hydroxylation is 1. The minimum Gasteiger partial charge on any atom is -0.379 e. The van der Waals surface area contributed by atoms with Crippen molar-refractivity contribution in [2.24, 2.45) is 5.73 Å². The summed E-state index contributed by atoms with van der Waals surface area (Å²) >= 11 is 0. The predicted octanol–water partition coefficient (Wildman–Crippen LogP) is 1.01. The standard InChI is InChI=1S/C13H24N4O/c1-4-16-6-5-15-12(16)11(14)13(2,3)17-7-9-18-10-8-17/h5-6,11H,4,7-10,14H2,1-3H3. The summed E-state index contributed by atoms with van der Waals surface area (Å²) in [5.74, 6) is 0.967. The van der Waals surface area contributed by atoms with Crippen LogP contribution in [0.25, 0.3) is 0 Å². The van der Waals surface area contributed by atoms with Crippen molar-refractivity contribution in [2.75, 3.05) is 26.3 Å². The van der Waals surface area contributed by atoms with Gasteiger partial charge in [0.1, 0.15) is 5.82 Å². The van der Waals surface area contributed by atoms with E-state index in [-0.39, 0.29) is 11.6 Å². The molecule has 1 aromatic heterocycles. The van der Waals surface area contributed by atoms with E-state index < -0.39 is 0 Å². The molecular weight excluding hydrogens is 228 g/mol. The number of ether oxygens (including phenoxy) is 1. The summed E-state index contributed by atoms with van der Waals surface area (Å²) in [4.78, 5) is 6.83. The van der Waals surface area contributed by atoms with Crippen LogP contribution in [0.5, 0.6) is 0 Å². The minimum atomic E-state index is -0.109. The molecule has 0 spiro atoms. The second-order valence-electron chi connectivity index (χ2n) is 5.30. The van der Waals surface area contributed by atoms with Gasteiger partial charge in [0.05, 0.1) is 19.3 Å². The highest BCUT2D eigenvalue weighted by molar-refractivity contribution is 5.07. The molecule has 1 aliphatic rings. The molecule has 0 aliphatic carbocycles. The van der Waals surface area contributed by atoms with Gasteiger partial charge in [-0.3, -0.25) is 4.90 Å². The van der Waals surface area contributed by atoms with Gasteiger partial charge in [-0.25, -0.2) is 4.98 Å². The highest BCUT2D eigenvalue weighted by atomic mass is 16.5. The van der Waals surface area contributed by atoms with Crippen LogP contribution in [0.1, 0.15) is 32.6 Å². The normalized spacial score (nSPS) is 20.0. The number of hydrogen-bond donors (Lipinski definition) is 1. The zero-order valence-electron chi connectivity index (χ0n) is 11.6. The van der Waals surface area contributed by atoms with Crippen LogP contribution in [0.2, 0.25) is 0 Å². The summed E-state index contributed by atoms with van der Waals surface area (Å²) in [6.07, 6.45) is 3.82. The van der Waals surface area contributed by atoms with Gasteiger partial charge in [0, 0.05) is 37.6 Å². The Kier molecular flexibility index (Phi) is 4.04. The quantitative estimate of drug-likeness (QED) is 0.869. The summed E-state index contributed by atoms with van der Waals surface area (Å²) in [5.41, 5.74) is 6.35. The van der Waals surface area contributed by atoms with Crippen molar-refractivity contribution in [1.82, 2.24) is 14.5 Å². The lowest BCUT2D eigenvalue weighted by Gasteiger charge is -2.44. The first-order chi connectivity index (χ1) is 8.57. The van der Waals surface area contributed by atoms with Gasteiger partial charge in [-0.05, 0) is 20.8 Å². The SMILES string of the molecule is CCn1ccnc1C(N)C(C)(C)N1CCOCC1. The highest BCUT2D eigenvalue weighted by Crippen LogP contribution is 2.28. The first-order valence-corrected chi connectivity index (χ1v) is 6.66. The maximum absolute atomic E-state index is 6.46. The molecule has 18 heavy (non-hydrogen) atoms. The third kappa shape index (κ3) is 2.43. The Morgan fingerprint density at radius 2 is 2.11 bits per heavy atom. The summed E-state index contributed by atoms with van der Waals surface area (Å²) in [6, 6.07) is -0.0921. The Balaban J connectivity index is 2.17. The van der Waals surface area contributed by atoms with Crippen LogP contribution < -0.4 is 5.73 Å². The van der Waals surface area contributed by atoms with Crippen LogP contribution in [-0.4, -0.2) is 46.3 Å². The fraction of sp³-hybridized carbons (Fsp3) is 0.769. The molecule has 2 rings (SSSR count). The van der Waals surface area contributed by atoms with Gasteiger partial charge < -0.3 is 15.0 Å². The number of rotatable bonds is 4. The molecule has 2 heterocycles. The Hall–Kier alpha value is -0.910. The van der Waals surface area contributed by atoms with Crippen LogP contribution in [-0.2, 0) is 11.3 Å². The molecule has 1 aromatic rings. The van der Waals surface area contributed by atoms with E-state index in [2.05, 4.69) is 35.2 Å². The summed E-state index contributed by atoms with van der Waals surface area (Å²) < 4.78 is 7.52. The molecule has 0 bridgehead atoms. The van der Waals surface area contributed by atoms with Gasteiger partial charge in [0.15, 0.2) is 0 Å². The molecule has 1 aliphatic heterocycles. The Morgan fingerprint density at radius 1 is 1.44 bits per heavy atom. The second-order valence-corrected chi connectivity index (χ2v) is 5.30. The van der Waals surface area contributed by atoms with E-state index in [1.165, 1.54) is 0 Å². The van der Waals surface area contributed by atoms with E-state index in [0.29, 0.717) is 0 Å². The van der Waals surface area contributed by atoms with Gasteiger partial charge in [-0.2, -0.15) is 0 Å². The minimum absolute atomic E-state index is 0.0921. The van der Waals surface area contributed by atoms with Gasteiger partial charge in [0.25, 0.3) is 0 Å². The van der Waals surface area contributed by atoms with Gasteiger partial charge in [-0.1, -0.05) is 0 Å². The number of morpholine rings is 1. The van der Waals surface area contributed by atoms with Crippen molar-refractivity contribution in [2.45, 2.75) is 38.9 Å². The van der Waals surface area contributed by atoms with Gasteiger partial charge in [-0.15, -0.1) is 0 Å². The average molecular weight is 252 g/mol. The maximum Gasteiger partial charge on any atom is 0.127 e. The van der Waals surface area contributed by atoms with E-state index in [1.54, 1.807) is 0 Å². The van der Waals surface area contributed by atoms with Crippen LogP contribution in [0.15, 0.2) is 12.4 Å². The topological polar surface area (TPSA) is 56.3 Å². The van der Waals surface area contributed by atoms with Crippen molar-refractivity contribution in [3.05, 3.63) is 18.2 Å². The second kappa shape index (κ2) is 5.38. The number of nitrogens with zero attached hydrogens (tertiary/aromatic N) is 3. The maximum atomic E-state index is 6.46. The van der Waals surface area contributed by atoms with Crippen molar-refractivity contribution in [1.29, 1.82) is 0 Å². The van der Waals surface area contributed by atoms with E-state index in [9.17, 15) is 0 Å². The number of hydrogen-bond acceptors (Lipinski definition) is 4. The molecule has 0 saturated carbocycles. The van der Waals surface area contributed by atoms with E-state index in [1.807, 2.05) is 12.4 Å². The highest BCUT2D eigenvalue weighted by Gasteiger charge is 2.36. The number of aromatic nitrogens is 2. The fourth-order valence-corrected chi connectivity index (χ4v) is 2.52. The monoisotopic (exact) mass is 252 g/mol. The first-order valence-electron chi connectivity index (χ1n) is 6.66. The van der Waals surface area contributed by atoms with Gasteiger partial charge >= 0.3 is 0 Å². The van der Waals surface area contributed by atoms with Crippen LogP contribution >= 0.6 is 0 Å². The first kappa shape index (κ1) is 13.5. The molecule has 0 aromatic carbocycles. The predicted molar refractivity (Wildman–Crippen MR) is 71.3 cm³/mol. The third-order valence-electron chi connectivity index (χ3n) is 3.95. The van der Waals surface area contributed by atoms with Crippen LogP contribution in [0.3, 0.4) is 0 Å². The molecule has 1 unspecified atom stereocenters. The molecule has 1 atom stereocenters. The average Bonchev–Trinajstić information content (AvgIpc) is 2.87. The Bertz CT molecular complexity index is 382. The van der Waals surface area contributed by atoms with E-state index in [4.69, 9.17) is 10.5 Å². The molecule has 0 radical (unpaired) electrons. The van der Waals surface area contributed by atoms with Gasteiger partial charge in [0.2, 0.25) is 0 Å². The third-order valence-corrected chi connectivity index (χ3v) is 3.95. The van der Waals surface area contributed by atoms with Crippen LogP contribution in [0.4, 0.5) is 0 Å². The summed E-state index contributed by atoms with van der Waals surface area (Å²) in [5, 5.41) is 0. The number of imidazole rings is 1. The van der Waals surface area contributed by atoms with Crippen molar-refractivity contribution >= 4 is 0 Å². The lowest BCUT2D eigenvalue weighted by atomic mass is 9.91. The summed E-state index contributed by atoms with van der Waals surface area (Å²) in [6.45, 7) is 10.9. The smallest absolute Gasteiger partial charge is 0.127 e. The molecule has 5 heteroatoms. The molecule has 1 saturated heterocycles. The molecule has 0 amide bonds. The molecular formula is C13H24N4O. The van der Waals surface area contributed by atoms with E-state index in [0.717, 1.165) is 38.7 Å². The van der Waals surface area contributed by atoms with Crippen molar-refractivity contribution < 1.29 is 4.74 Å².